The summed E-state index contributed by atoms with van der Waals surface area (Å²) >= 11 is 0. The molecule has 84 valence electrons. The standard InChI is InChI=1S/C11H19N3O/c1-4-5-10(15)6-7-11-12-8-13-14(11)9(2)3/h8-9H,4-7H2,1-3H3. The van der Waals surface area contributed by atoms with Crippen molar-refractivity contribution in [2.75, 3.05) is 0 Å². The van der Waals surface area contributed by atoms with Crippen LogP contribution in [0.3, 0.4) is 0 Å². The van der Waals surface area contributed by atoms with E-state index < -0.39 is 0 Å². The Bertz CT molecular complexity index is 317. The largest absolute Gasteiger partial charge is 0.300 e. The molecule has 0 bridgehead atoms. The highest BCUT2D eigenvalue weighted by Gasteiger charge is 2.09. The Morgan fingerprint density at radius 2 is 2.20 bits per heavy atom. The number of hydrogen-bond donors (Lipinski definition) is 0. The zero-order chi connectivity index (χ0) is 11.3. The second-order valence-electron chi connectivity index (χ2n) is 4.00. The van der Waals surface area contributed by atoms with Crippen LogP contribution in [0.25, 0.3) is 0 Å². The van der Waals surface area contributed by atoms with Gasteiger partial charge in [0, 0.05) is 25.3 Å². The van der Waals surface area contributed by atoms with E-state index in [-0.39, 0.29) is 0 Å². The Hall–Kier alpha value is -1.19. The van der Waals surface area contributed by atoms with Crippen LogP contribution in [0.5, 0.6) is 0 Å². The Labute approximate surface area is 90.7 Å². The molecule has 0 radical (unpaired) electrons. The summed E-state index contributed by atoms with van der Waals surface area (Å²) in [5.41, 5.74) is 0. The molecule has 0 aromatic carbocycles. The number of hydrogen-bond acceptors (Lipinski definition) is 3. The highest BCUT2D eigenvalue weighted by atomic mass is 16.1. The first-order chi connectivity index (χ1) is 7.15. The van der Waals surface area contributed by atoms with Gasteiger partial charge in [0.2, 0.25) is 0 Å². The minimum atomic E-state index is 0.309. The molecule has 15 heavy (non-hydrogen) atoms. The lowest BCUT2D eigenvalue weighted by molar-refractivity contribution is -0.119. The Morgan fingerprint density at radius 1 is 1.47 bits per heavy atom. The van der Waals surface area contributed by atoms with Crippen molar-refractivity contribution < 1.29 is 4.79 Å². The molecule has 1 aromatic heterocycles. The minimum Gasteiger partial charge on any atom is -0.300 e. The minimum absolute atomic E-state index is 0.309. The number of ketones is 1. The van der Waals surface area contributed by atoms with Gasteiger partial charge in [-0.15, -0.1) is 0 Å². The number of aromatic nitrogens is 3. The van der Waals surface area contributed by atoms with Gasteiger partial charge in [0.05, 0.1) is 0 Å². The Balaban J connectivity index is 2.50. The number of carbonyl (C=O) groups is 1. The van der Waals surface area contributed by atoms with Crippen molar-refractivity contribution in [3.05, 3.63) is 12.2 Å². The first-order valence-electron chi connectivity index (χ1n) is 5.55. The van der Waals surface area contributed by atoms with Crippen LogP contribution in [0.2, 0.25) is 0 Å². The van der Waals surface area contributed by atoms with E-state index in [1.807, 2.05) is 11.6 Å². The summed E-state index contributed by atoms with van der Waals surface area (Å²) in [5, 5.41) is 4.13. The van der Waals surface area contributed by atoms with E-state index in [9.17, 15) is 4.79 Å². The summed E-state index contributed by atoms with van der Waals surface area (Å²) in [6.45, 7) is 6.15. The van der Waals surface area contributed by atoms with E-state index in [1.54, 1.807) is 6.33 Å². The predicted octanol–water partition coefficient (Wildman–Crippen LogP) is 2.16. The van der Waals surface area contributed by atoms with Crippen LogP contribution in [0.4, 0.5) is 0 Å². The van der Waals surface area contributed by atoms with E-state index in [4.69, 9.17) is 0 Å². The van der Waals surface area contributed by atoms with Crippen molar-refractivity contribution in [2.24, 2.45) is 0 Å². The van der Waals surface area contributed by atoms with E-state index >= 15 is 0 Å². The van der Waals surface area contributed by atoms with Gasteiger partial charge in [0.1, 0.15) is 17.9 Å². The molecule has 0 spiro atoms. The monoisotopic (exact) mass is 209 g/mol. The molecule has 0 fully saturated rings. The third kappa shape index (κ3) is 3.46. The van der Waals surface area contributed by atoms with Crippen molar-refractivity contribution in [3.8, 4) is 0 Å². The number of carbonyl (C=O) groups excluding carboxylic acids is 1. The molecule has 0 amide bonds. The molecule has 1 heterocycles. The van der Waals surface area contributed by atoms with Crippen molar-refractivity contribution in [3.63, 3.8) is 0 Å². The van der Waals surface area contributed by atoms with Gasteiger partial charge in [-0.25, -0.2) is 9.67 Å². The van der Waals surface area contributed by atoms with E-state index in [2.05, 4.69) is 23.9 Å². The molecule has 0 saturated heterocycles. The van der Waals surface area contributed by atoms with Crippen LogP contribution >= 0.6 is 0 Å². The maximum absolute atomic E-state index is 11.4. The molecule has 0 N–H and O–H groups in total. The molecule has 0 atom stereocenters. The average molecular weight is 209 g/mol. The number of aryl methyl sites for hydroxylation is 1. The first-order valence-corrected chi connectivity index (χ1v) is 5.55. The maximum Gasteiger partial charge on any atom is 0.138 e. The summed E-state index contributed by atoms with van der Waals surface area (Å²) < 4.78 is 1.87. The smallest absolute Gasteiger partial charge is 0.138 e. The normalized spacial score (nSPS) is 10.9. The quantitative estimate of drug-likeness (QED) is 0.721. The van der Waals surface area contributed by atoms with Crippen LogP contribution in [0, 0.1) is 0 Å². The lowest BCUT2D eigenvalue weighted by Gasteiger charge is -2.08. The molecular formula is C11H19N3O. The van der Waals surface area contributed by atoms with Crippen molar-refractivity contribution in [1.29, 1.82) is 0 Å². The third-order valence-electron chi connectivity index (χ3n) is 2.29. The van der Waals surface area contributed by atoms with Crippen molar-refractivity contribution >= 4 is 5.78 Å². The summed E-state index contributed by atoms with van der Waals surface area (Å²) in [7, 11) is 0. The lowest BCUT2D eigenvalue weighted by atomic mass is 10.1. The molecule has 0 aliphatic carbocycles. The molecule has 0 aliphatic heterocycles. The molecule has 0 unspecified atom stereocenters. The van der Waals surface area contributed by atoms with Crippen LogP contribution in [0.1, 0.15) is 51.9 Å². The van der Waals surface area contributed by atoms with E-state index in [1.165, 1.54) is 0 Å². The zero-order valence-electron chi connectivity index (χ0n) is 9.73. The fourth-order valence-corrected chi connectivity index (χ4v) is 1.54. The van der Waals surface area contributed by atoms with Gasteiger partial charge >= 0.3 is 0 Å². The number of nitrogens with zero attached hydrogens (tertiary/aromatic N) is 3. The van der Waals surface area contributed by atoms with Crippen molar-refractivity contribution in [2.45, 2.75) is 52.5 Å². The van der Waals surface area contributed by atoms with Gasteiger partial charge in [-0.1, -0.05) is 6.92 Å². The molecular weight excluding hydrogens is 190 g/mol. The molecule has 4 heteroatoms. The molecule has 1 rings (SSSR count). The van der Waals surface area contributed by atoms with E-state index in [0.717, 1.165) is 12.2 Å². The highest BCUT2D eigenvalue weighted by Crippen LogP contribution is 2.08. The highest BCUT2D eigenvalue weighted by molar-refractivity contribution is 5.78. The van der Waals surface area contributed by atoms with Crippen LogP contribution < -0.4 is 0 Å². The van der Waals surface area contributed by atoms with Crippen LogP contribution in [0.15, 0.2) is 6.33 Å². The van der Waals surface area contributed by atoms with Gasteiger partial charge in [-0.3, -0.25) is 4.79 Å². The fraction of sp³-hybridized carbons (Fsp3) is 0.727. The van der Waals surface area contributed by atoms with E-state index in [0.29, 0.717) is 31.1 Å². The summed E-state index contributed by atoms with van der Waals surface area (Å²) in [6.07, 6.45) is 4.45. The summed E-state index contributed by atoms with van der Waals surface area (Å²) in [6, 6.07) is 0.309. The Morgan fingerprint density at radius 3 is 2.80 bits per heavy atom. The molecule has 1 aromatic rings. The lowest BCUT2D eigenvalue weighted by Crippen LogP contribution is -2.10. The SMILES string of the molecule is CCCC(=O)CCc1ncnn1C(C)C. The summed E-state index contributed by atoms with van der Waals surface area (Å²) in [5.74, 6) is 1.23. The zero-order valence-corrected chi connectivity index (χ0v) is 9.73. The van der Waals surface area contributed by atoms with Gasteiger partial charge in [-0.05, 0) is 20.3 Å². The van der Waals surface area contributed by atoms with Crippen molar-refractivity contribution in [1.82, 2.24) is 14.8 Å². The molecule has 0 aliphatic rings. The fourth-order valence-electron chi connectivity index (χ4n) is 1.54. The van der Waals surface area contributed by atoms with Gasteiger partial charge in [0.25, 0.3) is 0 Å². The van der Waals surface area contributed by atoms with Gasteiger partial charge < -0.3 is 0 Å². The summed E-state index contributed by atoms with van der Waals surface area (Å²) in [4.78, 5) is 15.5. The van der Waals surface area contributed by atoms with Crippen LogP contribution in [-0.4, -0.2) is 20.5 Å². The van der Waals surface area contributed by atoms with Crippen LogP contribution in [-0.2, 0) is 11.2 Å². The predicted molar refractivity (Wildman–Crippen MR) is 58.6 cm³/mol. The number of rotatable bonds is 6. The second-order valence-corrected chi connectivity index (χ2v) is 4.00. The molecule has 0 saturated carbocycles. The number of Topliss-reactive ketones (excluding diaryl/α,β-unsaturated/α-hetero) is 1. The third-order valence-corrected chi connectivity index (χ3v) is 2.29. The second kappa shape index (κ2) is 5.63. The van der Waals surface area contributed by atoms with Gasteiger partial charge in [0.15, 0.2) is 0 Å². The maximum atomic E-state index is 11.4. The first kappa shape index (κ1) is 11.9. The average Bonchev–Trinajstić information content (AvgIpc) is 2.63. The topological polar surface area (TPSA) is 47.8 Å². The Kier molecular flexibility index (Phi) is 4.46. The van der Waals surface area contributed by atoms with Gasteiger partial charge in [-0.2, -0.15) is 5.10 Å². The molecule has 4 nitrogen and oxygen atoms in total.